The molecule has 3 aromatic carbocycles. The van der Waals surface area contributed by atoms with Crippen LogP contribution in [0.2, 0.25) is 0 Å². The Morgan fingerprint density at radius 3 is 2.38 bits per heavy atom. The second-order valence-corrected chi connectivity index (χ2v) is 11.6. The number of benzene rings is 3. The summed E-state index contributed by atoms with van der Waals surface area (Å²) in [5.74, 6) is 1.43. The Balaban J connectivity index is 1.43. The Morgan fingerprint density at radius 2 is 1.62 bits per heavy atom. The maximum absolute atomic E-state index is 13.5. The largest absolute Gasteiger partial charge is 0.339 e. The molecule has 0 unspecified atom stereocenters. The van der Waals surface area contributed by atoms with Gasteiger partial charge in [0.25, 0.3) is 0 Å². The molecule has 1 saturated heterocycles. The normalized spacial score (nSPS) is 17.1. The van der Waals surface area contributed by atoms with Gasteiger partial charge in [0, 0.05) is 36.6 Å². The van der Waals surface area contributed by atoms with Gasteiger partial charge in [-0.2, -0.15) is 4.31 Å². The van der Waals surface area contributed by atoms with Crippen molar-refractivity contribution in [1.82, 2.24) is 23.9 Å². The van der Waals surface area contributed by atoms with E-state index in [1.807, 2.05) is 60.7 Å². The molecule has 0 saturated carbocycles. The van der Waals surface area contributed by atoms with E-state index < -0.39 is 10.0 Å². The SMILES string of the molecule is Cc1cccc(-c2nnc3c4ccccc4nc(N4CCN(S(=O)(=O)c5cccc(C)c5)[C@@H](C)C4)n23)c1. The number of rotatable bonds is 4. The summed E-state index contributed by atoms with van der Waals surface area (Å²) >= 11 is 0. The number of hydrogen-bond donors (Lipinski definition) is 0. The van der Waals surface area contributed by atoms with Crippen LogP contribution in [0.25, 0.3) is 27.9 Å². The van der Waals surface area contributed by atoms with Gasteiger partial charge in [-0.05, 0) is 56.7 Å². The molecule has 3 heterocycles. The second kappa shape index (κ2) is 8.93. The zero-order chi connectivity index (χ0) is 25.7. The fourth-order valence-electron chi connectivity index (χ4n) is 5.14. The van der Waals surface area contributed by atoms with E-state index in [0.717, 1.165) is 45.0 Å². The van der Waals surface area contributed by atoms with Crippen LogP contribution in [-0.4, -0.2) is 58.0 Å². The molecule has 9 heteroatoms. The van der Waals surface area contributed by atoms with Crippen LogP contribution < -0.4 is 4.90 Å². The monoisotopic (exact) mass is 512 g/mol. The van der Waals surface area contributed by atoms with Crippen LogP contribution >= 0.6 is 0 Å². The highest BCUT2D eigenvalue weighted by molar-refractivity contribution is 7.89. The maximum Gasteiger partial charge on any atom is 0.243 e. The molecular weight excluding hydrogens is 484 g/mol. The number of nitrogens with zero attached hydrogens (tertiary/aromatic N) is 6. The third-order valence-electron chi connectivity index (χ3n) is 6.95. The molecule has 0 spiro atoms. The molecule has 0 amide bonds. The number of fused-ring (bicyclic) bond motifs is 3. The summed E-state index contributed by atoms with van der Waals surface area (Å²) in [6.45, 7) is 7.26. The average Bonchev–Trinajstić information content (AvgIpc) is 3.34. The summed E-state index contributed by atoms with van der Waals surface area (Å²) in [6, 6.07) is 22.9. The highest BCUT2D eigenvalue weighted by atomic mass is 32.2. The lowest BCUT2D eigenvalue weighted by molar-refractivity contribution is 0.304. The molecule has 6 rings (SSSR count). The van der Waals surface area contributed by atoms with Gasteiger partial charge in [0.05, 0.1) is 10.4 Å². The molecule has 1 aliphatic rings. The molecule has 188 valence electrons. The first-order valence-electron chi connectivity index (χ1n) is 12.4. The fourth-order valence-corrected chi connectivity index (χ4v) is 6.86. The molecule has 1 atom stereocenters. The van der Waals surface area contributed by atoms with Gasteiger partial charge in [-0.25, -0.2) is 17.8 Å². The van der Waals surface area contributed by atoms with Gasteiger partial charge in [0.1, 0.15) is 0 Å². The van der Waals surface area contributed by atoms with Gasteiger partial charge in [-0.1, -0.05) is 48.0 Å². The van der Waals surface area contributed by atoms with Crippen LogP contribution in [0.3, 0.4) is 0 Å². The standard InChI is InChI=1S/C28H28N6O2S/c1-19-8-6-10-22(16-19)26-30-31-27-24-12-4-5-13-25(24)29-28(34(26)27)32-14-15-33(21(3)18-32)37(35,36)23-11-7-9-20(2)17-23/h4-13,16-17,21H,14-15,18H2,1-3H3/t21-/m0/s1. The van der Waals surface area contributed by atoms with Crippen LogP contribution in [0.1, 0.15) is 18.1 Å². The van der Waals surface area contributed by atoms with E-state index in [-0.39, 0.29) is 6.04 Å². The molecule has 0 aliphatic carbocycles. The zero-order valence-electron chi connectivity index (χ0n) is 21.0. The summed E-state index contributed by atoms with van der Waals surface area (Å²) in [5.41, 5.74) is 4.58. The summed E-state index contributed by atoms with van der Waals surface area (Å²) in [5, 5.41) is 10.1. The minimum absolute atomic E-state index is 0.249. The van der Waals surface area contributed by atoms with E-state index in [2.05, 4.69) is 34.2 Å². The highest BCUT2D eigenvalue weighted by Gasteiger charge is 2.35. The number of hydrogen-bond acceptors (Lipinski definition) is 6. The minimum atomic E-state index is -3.61. The zero-order valence-corrected chi connectivity index (χ0v) is 21.9. The van der Waals surface area contributed by atoms with E-state index in [4.69, 9.17) is 4.98 Å². The Morgan fingerprint density at radius 1 is 0.865 bits per heavy atom. The molecule has 0 N–H and O–H groups in total. The van der Waals surface area contributed by atoms with E-state index in [1.165, 1.54) is 0 Å². The van der Waals surface area contributed by atoms with E-state index >= 15 is 0 Å². The predicted octanol–water partition coefficient (Wildman–Crippen LogP) is 4.46. The number of aromatic nitrogens is 4. The van der Waals surface area contributed by atoms with Crippen LogP contribution in [0.15, 0.2) is 77.7 Å². The van der Waals surface area contributed by atoms with Crippen molar-refractivity contribution in [1.29, 1.82) is 0 Å². The first kappa shape index (κ1) is 23.6. The Bertz CT molecular complexity index is 1750. The molecule has 8 nitrogen and oxygen atoms in total. The van der Waals surface area contributed by atoms with Gasteiger partial charge >= 0.3 is 0 Å². The van der Waals surface area contributed by atoms with Crippen molar-refractivity contribution in [3.8, 4) is 11.4 Å². The lowest BCUT2D eigenvalue weighted by Gasteiger charge is -2.39. The number of aryl methyl sites for hydroxylation is 2. The van der Waals surface area contributed by atoms with E-state index in [1.54, 1.807) is 22.5 Å². The van der Waals surface area contributed by atoms with Crippen LogP contribution in [0.4, 0.5) is 5.95 Å². The number of anilines is 1. The van der Waals surface area contributed by atoms with Crippen molar-refractivity contribution >= 4 is 32.5 Å². The third kappa shape index (κ3) is 4.04. The summed E-state index contributed by atoms with van der Waals surface area (Å²) in [6.07, 6.45) is 0. The van der Waals surface area contributed by atoms with Crippen molar-refractivity contribution < 1.29 is 8.42 Å². The lowest BCUT2D eigenvalue weighted by atomic mass is 10.1. The molecule has 5 aromatic rings. The van der Waals surface area contributed by atoms with Crippen LogP contribution in [0, 0.1) is 13.8 Å². The average molecular weight is 513 g/mol. The number of sulfonamides is 1. The summed E-state index contributed by atoms with van der Waals surface area (Å²) in [7, 11) is -3.61. The lowest BCUT2D eigenvalue weighted by Crippen LogP contribution is -2.54. The quantitative estimate of drug-likeness (QED) is 0.354. The van der Waals surface area contributed by atoms with Gasteiger partial charge in [-0.3, -0.25) is 0 Å². The van der Waals surface area contributed by atoms with Gasteiger partial charge in [-0.15, -0.1) is 10.2 Å². The van der Waals surface area contributed by atoms with Gasteiger partial charge < -0.3 is 4.90 Å². The molecule has 1 fully saturated rings. The minimum Gasteiger partial charge on any atom is -0.339 e. The number of para-hydroxylation sites is 1. The predicted molar refractivity (Wildman–Crippen MR) is 145 cm³/mol. The Labute approximate surface area is 216 Å². The smallest absolute Gasteiger partial charge is 0.243 e. The Hall–Kier alpha value is -3.82. The highest BCUT2D eigenvalue weighted by Crippen LogP contribution is 2.31. The van der Waals surface area contributed by atoms with Crippen molar-refractivity contribution in [2.45, 2.75) is 31.7 Å². The van der Waals surface area contributed by atoms with Crippen molar-refractivity contribution in [3.05, 3.63) is 83.9 Å². The number of piperazine rings is 1. The fraction of sp³-hybridized carbons (Fsp3) is 0.250. The van der Waals surface area contributed by atoms with Gasteiger partial charge in [0.2, 0.25) is 16.0 Å². The van der Waals surface area contributed by atoms with Gasteiger partial charge in [0.15, 0.2) is 11.5 Å². The molecule has 37 heavy (non-hydrogen) atoms. The Kier molecular flexibility index (Phi) is 5.69. The maximum atomic E-state index is 13.5. The van der Waals surface area contributed by atoms with Crippen LogP contribution in [-0.2, 0) is 10.0 Å². The molecule has 0 radical (unpaired) electrons. The van der Waals surface area contributed by atoms with Crippen molar-refractivity contribution in [2.24, 2.45) is 0 Å². The molecule has 0 bridgehead atoms. The summed E-state index contributed by atoms with van der Waals surface area (Å²) < 4.78 is 30.6. The molecular formula is C28H28N6O2S. The summed E-state index contributed by atoms with van der Waals surface area (Å²) in [4.78, 5) is 7.52. The van der Waals surface area contributed by atoms with Crippen molar-refractivity contribution in [2.75, 3.05) is 24.5 Å². The van der Waals surface area contributed by atoms with Crippen LogP contribution in [0.5, 0.6) is 0 Å². The second-order valence-electron chi connectivity index (χ2n) is 9.71. The topological polar surface area (TPSA) is 83.7 Å². The molecule has 2 aromatic heterocycles. The van der Waals surface area contributed by atoms with Crippen molar-refractivity contribution in [3.63, 3.8) is 0 Å². The van der Waals surface area contributed by atoms with E-state index in [9.17, 15) is 8.42 Å². The molecule has 1 aliphatic heterocycles. The third-order valence-corrected chi connectivity index (χ3v) is 8.96. The van der Waals surface area contributed by atoms with E-state index in [0.29, 0.717) is 24.5 Å². The first-order valence-corrected chi connectivity index (χ1v) is 13.8. The first-order chi connectivity index (χ1) is 17.8.